The summed E-state index contributed by atoms with van der Waals surface area (Å²) in [6.07, 6.45) is 46.3. The summed E-state index contributed by atoms with van der Waals surface area (Å²) in [6, 6.07) is 0. The third kappa shape index (κ3) is 45.8. The molecule has 2 atom stereocenters. The molecule has 0 bridgehead atoms. The second-order valence-corrected chi connectivity index (χ2v) is 19.2. The van der Waals surface area contributed by atoms with E-state index in [-0.39, 0.29) is 32.0 Å². The zero-order valence-corrected chi connectivity index (χ0v) is 40.1. The van der Waals surface area contributed by atoms with Crippen LogP contribution in [0.15, 0.2) is 24.3 Å². The molecule has 0 saturated carbocycles. The minimum atomic E-state index is -4.63. The molecule has 0 N–H and O–H groups in total. The van der Waals surface area contributed by atoms with E-state index in [1.165, 1.54) is 141 Å². The van der Waals surface area contributed by atoms with Crippen LogP contribution in [0.1, 0.15) is 226 Å². The summed E-state index contributed by atoms with van der Waals surface area (Å²) in [4.78, 5) is 37.6. The number of phosphoric ester groups is 1. The van der Waals surface area contributed by atoms with Crippen molar-refractivity contribution >= 4 is 19.8 Å². The van der Waals surface area contributed by atoms with E-state index in [0.29, 0.717) is 17.4 Å². The van der Waals surface area contributed by atoms with Crippen LogP contribution in [0.2, 0.25) is 0 Å². The van der Waals surface area contributed by atoms with Crippen LogP contribution < -0.4 is 4.89 Å². The van der Waals surface area contributed by atoms with Gasteiger partial charge in [0.25, 0.3) is 7.82 Å². The van der Waals surface area contributed by atoms with Gasteiger partial charge in [-0.25, -0.2) is 0 Å². The van der Waals surface area contributed by atoms with Gasteiger partial charge in [-0.05, 0) is 44.9 Å². The molecule has 10 heteroatoms. The number of hydrogen-bond acceptors (Lipinski definition) is 8. The molecule has 0 rings (SSSR count). The van der Waals surface area contributed by atoms with E-state index in [2.05, 4.69) is 38.2 Å². The van der Waals surface area contributed by atoms with Gasteiger partial charge >= 0.3 is 11.9 Å². The number of quaternary nitrogens is 1. The van der Waals surface area contributed by atoms with Crippen molar-refractivity contribution in [2.75, 3.05) is 47.5 Å². The lowest BCUT2D eigenvalue weighted by Crippen LogP contribution is -2.37. The van der Waals surface area contributed by atoms with Gasteiger partial charge < -0.3 is 27.9 Å². The Morgan fingerprint density at radius 1 is 0.525 bits per heavy atom. The fourth-order valence-corrected chi connectivity index (χ4v) is 7.59. The molecular formula is C49H94NO8P. The molecule has 0 aliphatic carbocycles. The van der Waals surface area contributed by atoms with Gasteiger partial charge in [-0.3, -0.25) is 14.2 Å². The van der Waals surface area contributed by atoms with Crippen molar-refractivity contribution in [3.8, 4) is 0 Å². The Kier molecular flexibility index (Phi) is 40.8. The molecule has 0 spiro atoms. The molecule has 0 aromatic rings. The Labute approximate surface area is 364 Å². The predicted molar refractivity (Wildman–Crippen MR) is 245 cm³/mol. The van der Waals surface area contributed by atoms with Gasteiger partial charge in [-0.2, -0.15) is 0 Å². The van der Waals surface area contributed by atoms with Crippen molar-refractivity contribution < 1.29 is 42.1 Å². The molecule has 59 heavy (non-hydrogen) atoms. The summed E-state index contributed by atoms with van der Waals surface area (Å²) in [7, 11) is 1.17. The van der Waals surface area contributed by atoms with Gasteiger partial charge in [-0.1, -0.05) is 192 Å². The highest BCUT2D eigenvalue weighted by atomic mass is 31.2. The van der Waals surface area contributed by atoms with Gasteiger partial charge in [0, 0.05) is 12.8 Å². The van der Waals surface area contributed by atoms with Crippen molar-refractivity contribution in [2.24, 2.45) is 0 Å². The molecule has 0 aliphatic rings. The van der Waals surface area contributed by atoms with Crippen molar-refractivity contribution in [1.29, 1.82) is 0 Å². The fourth-order valence-electron chi connectivity index (χ4n) is 6.86. The highest BCUT2D eigenvalue weighted by Crippen LogP contribution is 2.38. The molecule has 9 nitrogen and oxygen atoms in total. The molecule has 0 radical (unpaired) electrons. The highest BCUT2D eigenvalue weighted by molar-refractivity contribution is 7.45. The van der Waals surface area contributed by atoms with Gasteiger partial charge in [0.05, 0.1) is 27.7 Å². The monoisotopic (exact) mass is 856 g/mol. The highest BCUT2D eigenvalue weighted by Gasteiger charge is 2.21. The molecule has 0 aliphatic heterocycles. The number of ether oxygens (including phenoxy) is 2. The van der Waals surface area contributed by atoms with Crippen LogP contribution in [0.25, 0.3) is 0 Å². The standard InChI is InChI=1S/C49H94NO8P/c1-6-8-10-12-14-16-18-20-22-24-26-27-29-31-33-35-37-39-41-48(51)55-45-47(46-57-59(53,54)56-44-43-50(3,4)5)58-49(52)42-40-38-36-34-32-30-28-25-23-21-19-17-15-13-11-9-7-2/h15,17,21,23,47H,6-14,16,18-20,22,24-46H2,1-5H3/b17-15-,23-21-. The predicted octanol–water partition coefficient (Wildman–Crippen LogP) is 13.7. The number of phosphoric acid groups is 1. The summed E-state index contributed by atoms with van der Waals surface area (Å²) in [5.41, 5.74) is 0. The van der Waals surface area contributed by atoms with Crippen molar-refractivity contribution in [3.05, 3.63) is 24.3 Å². The molecule has 2 unspecified atom stereocenters. The van der Waals surface area contributed by atoms with Gasteiger partial charge in [0.15, 0.2) is 6.10 Å². The Bertz CT molecular complexity index is 1060. The molecule has 0 aromatic carbocycles. The van der Waals surface area contributed by atoms with E-state index < -0.39 is 26.5 Å². The van der Waals surface area contributed by atoms with E-state index in [1.54, 1.807) is 0 Å². The van der Waals surface area contributed by atoms with E-state index in [4.69, 9.17) is 18.5 Å². The molecule has 0 fully saturated rings. The first kappa shape index (κ1) is 57.5. The van der Waals surface area contributed by atoms with Crippen LogP contribution >= 0.6 is 7.82 Å². The van der Waals surface area contributed by atoms with Gasteiger partial charge in [0.1, 0.15) is 19.8 Å². The summed E-state index contributed by atoms with van der Waals surface area (Å²) in [5, 5.41) is 0. The van der Waals surface area contributed by atoms with Crippen LogP contribution in [0.5, 0.6) is 0 Å². The molecule has 0 aromatic heterocycles. The SMILES string of the molecule is CCCCC/C=C\C/C=C\CCCCCCCCCC(=O)OC(COC(=O)CCCCCCCCCCCCCCCCCCCC)COP(=O)([O-])OCC[N+](C)(C)C. The molecule has 348 valence electrons. The first-order chi connectivity index (χ1) is 28.5. The lowest BCUT2D eigenvalue weighted by molar-refractivity contribution is -0.870. The topological polar surface area (TPSA) is 111 Å². The zero-order valence-electron chi connectivity index (χ0n) is 39.2. The molecule has 0 heterocycles. The summed E-state index contributed by atoms with van der Waals surface area (Å²) in [6.45, 7) is 4.23. The van der Waals surface area contributed by atoms with Crippen LogP contribution in [0, 0.1) is 0 Å². The lowest BCUT2D eigenvalue weighted by Gasteiger charge is -2.28. The van der Waals surface area contributed by atoms with Crippen molar-refractivity contribution in [3.63, 3.8) is 0 Å². The van der Waals surface area contributed by atoms with Crippen LogP contribution in [-0.2, 0) is 32.7 Å². The average Bonchev–Trinajstić information content (AvgIpc) is 3.19. The first-order valence-electron chi connectivity index (χ1n) is 24.5. The Morgan fingerprint density at radius 3 is 1.37 bits per heavy atom. The maximum absolute atomic E-state index is 12.7. The first-order valence-corrected chi connectivity index (χ1v) is 26.0. The zero-order chi connectivity index (χ0) is 43.6. The molecule has 0 amide bonds. The minimum Gasteiger partial charge on any atom is -0.756 e. The van der Waals surface area contributed by atoms with E-state index in [1.807, 2.05) is 21.1 Å². The number of unbranched alkanes of at least 4 members (excludes halogenated alkanes) is 27. The number of rotatable bonds is 45. The number of carbonyl (C=O) groups excluding carboxylic acids is 2. The van der Waals surface area contributed by atoms with Crippen LogP contribution in [0.3, 0.4) is 0 Å². The quantitative estimate of drug-likeness (QED) is 0.0196. The number of hydrogen-bond donors (Lipinski definition) is 0. The number of allylic oxidation sites excluding steroid dienone is 4. The number of esters is 2. The Hall–Kier alpha value is -1.51. The molecule has 0 saturated heterocycles. The lowest BCUT2D eigenvalue weighted by atomic mass is 10.0. The normalized spacial score (nSPS) is 13.7. The second kappa shape index (κ2) is 41.8. The van der Waals surface area contributed by atoms with Crippen LogP contribution in [-0.4, -0.2) is 70.0 Å². The summed E-state index contributed by atoms with van der Waals surface area (Å²) < 4.78 is 34.0. The van der Waals surface area contributed by atoms with Gasteiger partial charge in [-0.15, -0.1) is 0 Å². The maximum atomic E-state index is 12.7. The number of carbonyl (C=O) groups is 2. The summed E-state index contributed by atoms with van der Waals surface area (Å²) in [5.74, 6) is -0.833. The maximum Gasteiger partial charge on any atom is 0.306 e. The number of likely N-dealkylation sites (N-methyl/N-ethyl adjacent to an activating group) is 1. The third-order valence-corrected chi connectivity index (χ3v) is 11.7. The summed E-state index contributed by atoms with van der Waals surface area (Å²) >= 11 is 0. The Balaban J connectivity index is 4.27. The average molecular weight is 856 g/mol. The van der Waals surface area contributed by atoms with E-state index in [9.17, 15) is 19.0 Å². The second-order valence-electron chi connectivity index (χ2n) is 17.8. The van der Waals surface area contributed by atoms with Gasteiger partial charge in [0.2, 0.25) is 0 Å². The van der Waals surface area contributed by atoms with E-state index in [0.717, 1.165) is 51.4 Å². The van der Waals surface area contributed by atoms with Crippen LogP contribution in [0.4, 0.5) is 0 Å². The third-order valence-electron chi connectivity index (χ3n) is 10.7. The fraction of sp³-hybridized carbons (Fsp3) is 0.878. The number of nitrogens with zero attached hydrogens (tertiary/aromatic N) is 1. The minimum absolute atomic E-state index is 0.0305. The van der Waals surface area contributed by atoms with E-state index >= 15 is 0 Å². The molecular weight excluding hydrogens is 762 g/mol. The Morgan fingerprint density at radius 2 is 0.915 bits per heavy atom. The van der Waals surface area contributed by atoms with Crippen molar-refractivity contribution in [2.45, 2.75) is 232 Å². The smallest absolute Gasteiger partial charge is 0.306 e. The largest absolute Gasteiger partial charge is 0.756 e. The van der Waals surface area contributed by atoms with Crippen molar-refractivity contribution in [1.82, 2.24) is 0 Å².